The maximum atomic E-state index is 12.4. The Morgan fingerprint density at radius 3 is 1.94 bits per heavy atom. The fourth-order valence-electron chi connectivity index (χ4n) is 3.76. The molecule has 5 heteroatoms. The van der Waals surface area contributed by atoms with Crippen molar-refractivity contribution in [2.45, 2.75) is 31.7 Å². The van der Waals surface area contributed by atoms with Crippen molar-refractivity contribution < 1.29 is 19.4 Å². The molecule has 160 valence electrons. The monoisotopic (exact) mass is 417 g/mol. The van der Waals surface area contributed by atoms with E-state index in [1.807, 2.05) is 84.9 Å². The lowest BCUT2D eigenvalue weighted by Crippen LogP contribution is -2.45. The summed E-state index contributed by atoms with van der Waals surface area (Å²) in [6.07, 6.45) is 0.602. The maximum absolute atomic E-state index is 12.4. The molecule has 4 rings (SSSR count). The Bertz CT molecular complexity index is 965. The molecule has 0 spiro atoms. The highest BCUT2D eigenvalue weighted by molar-refractivity contribution is 5.67. The number of hydrogen-bond donors (Lipinski definition) is 1. The molecule has 0 saturated carbocycles. The Labute approximate surface area is 182 Å². The molecule has 1 heterocycles. The topological polar surface area (TPSA) is 59.0 Å². The second-order valence-corrected chi connectivity index (χ2v) is 7.86. The van der Waals surface area contributed by atoms with Gasteiger partial charge in [-0.15, -0.1) is 0 Å². The van der Waals surface area contributed by atoms with Crippen LogP contribution < -0.4 is 4.74 Å². The van der Waals surface area contributed by atoms with E-state index in [2.05, 4.69) is 0 Å². The van der Waals surface area contributed by atoms with Crippen molar-refractivity contribution in [2.24, 2.45) is 0 Å². The van der Waals surface area contributed by atoms with E-state index in [1.54, 1.807) is 4.90 Å². The zero-order chi connectivity index (χ0) is 21.5. The molecule has 1 amide bonds. The summed E-state index contributed by atoms with van der Waals surface area (Å²) in [6, 6.07) is 27.2. The lowest BCUT2D eigenvalue weighted by molar-refractivity contribution is -0.0255. The first kappa shape index (κ1) is 20.9. The van der Waals surface area contributed by atoms with Gasteiger partial charge in [0.05, 0.1) is 5.60 Å². The molecular formula is C26H27NO4. The number of aliphatic hydroxyl groups is 1. The van der Waals surface area contributed by atoms with E-state index in [-0.39, 0.29) is 12.7 Å². The number of nitrogens with zero attached hydrogens (tertiary/aromatic N) is 1. The van der Waals surface area contributed by atoms with Gasteiger partial charge in [-0.1, -0.05) is 72.8 Å². The minimum Gasteiger partial charge on any atom is -0.489 e. The number of carbonyl (C=O) groups excluding carboxylic acids is 1. The smallest absolute Gasteiger partial charge is 0.410 e. The van der Waals surface area contributed by atoms with Crippen LogP contribution in [-0.4, -0.2) is 29.2 Å². The van der Waals surface area contributed by atoms with E-state index in [4.69, 9.17) is 9.47 Å². The van der Waals surface area contributed by atoms with Crippen molar-refractivity contribution in [2.75, 3.05) is 13.1 Å². The van der Waals surface area contributed by atoms with E-state index in [9.17, 15) is 9.90 Å². The Kier molecular flexibility index (Phi) is 6.53. The minimum atomic E-state index is -0.950. The van der Waals surface area contributed by atoms with Crippen molar-refractivity contribution in [3.05, 3.63) is 102 Å². The summed E-state index contributed by atoms with van der Waals surface area (Å²) in [6.45, 7) is 1.67. The summed E-state index contributed by atoms with van der Waals surface area (Å²) < 4.78 is 11.2. The van der Waals surface area contributed by atoms with Gasteiger partial charge < -0.3 is 19.5 Å². The first-order valence-corrected chi connectivity index (χ1v) is 10.6. The first-order valence-electron chi connectivity index (χ1n) is 10.6. The molecule has 0 unspecified atom stereocenters. The van der Waals surface area contributed by atoms with E-state index in [0.29, 0.717) is 32.5 Å². The Hall–Kier alpha value is -3.31. The van der Waals surface area contributed by atoms with Gasteiger partial charge in [0, 0.05) is 13.1 Å². The quantitative estimate of drug-likeness (QED) is 0.621. The van der Waals surface area contributed by atoms with E-state index in [1.165, 1.54) is 0 Å². The lowest BCUT2D eigenvalue weighted by Gasteiger charge is -2.38. The summed E-state index contributed by atoms with van der Waals surface area (Å²) in [5, 5.41) is 11.1. The molecule has 0 radical (unpaired) electrons. The Balaban J connectivity index is 1.28. The number of ether oxygens (including phenoxy) is 2. The third-order valence-electron chi connectivity index (χ3n) is 5.69. The molecule has 3 aromatic carbocycles. The molecule has 31 heavy (non-hydrogen) atoms. The van der Waals surface area contributed by atoms with Gasteiger partial charge in [-0.05, 0) is 41.7 Å². The average molecular weight is 418 g/mol. The van der Waals surface area contributed by atoms with Crippen molar-refractivity contribution in [3.63, 3.8) is 0 Å². The van der Waals surface area contributed by atoms with Crippen LogP contribution in [0.15, 0.2) is 84.9 Å². The van der Waals surface area contributed by atoms with Gasteiger partial charge in [0.2, 0.25) is 0 Å². The number of hydrogen-bond acceptors (Lipinski definition) is 4. The fraction of sp³-hybridized carbons (Fsp3) is 0.269. The number of piperidine rings is 1. The van der Waals surface area contributed by atoms with Crippen molar-refractivity contribution in [3.8, 4) is 5.75 Å². The van der Waals surface area contributed by atoms with Crippen LogP contribution in [0.1, 0.15) is 29.5 Å². The first-order chi connectivity index (χ1) is 15.1. The second kappa shape index (κ2) is 9.67. The van der Waals surface area contributed by atoms with Gasteiger partial charge in [-0.25, -0.2) is 4.79 Å². The van der Waals surface area contributed by atoms with Gasteiger partial charge >= 0.3 is 6.09 Å². The van der Waals surface area contributed by atoms with Crippen molar-refractivity contribution in [1.29, 1.82) is 0 Å². The molecule has 0 bridgehead atoms. The van der Waals surface area contributed by atoms with Crippen LogP contribution in [0.5, 0.6) is 5.75 Å². The highest BCUT2D eigenvalue weighted by atomic mass is 16.6. The van der Waals surface area contributed by atoms with Gasteiger partial charge in [0.15, 0.2) is 0 Å². The fourth-order valence-corrected chi connectivity index (χ4v) is 3.76. The summed E-state index contributed by atoms with van der Waals surface area (Å²) in [5.41, 5.74) is 1.96. The predicted octanol–water partition coefficient (Wildman–Crippen LogP) is 4.89. The number of carbonyl (C=O) groups is 1. The summed E-state index contributed by atoms with van der Waals surface area (Å²) >= 11 is 0. The minimum absolute atomic E-state index is 0.255. The molecule has 5 nitrogen and oxygen atoms in total. The van der Waals surface area contributed by atoms with Crippen LogP contribution in [0.2, 0.25) is 0 Å². The van der Waals surface area contributed by atoms with Crippen LogP contribution in [0.25, 0.3) is 0 Å². The molecule has 3 aromatic rings. The van der Waals surface area contributed by atoms with Crippen LogP contribution in [0.4, 0.5) is 4.79 Å². The van der Waals surface area contributed by atoms with Crippen LogP contribution >= 0.6 is 0 Å². The summed E-state index contributed by atoms with van der Waals surface area (Å²) in [4.78, 5) is 14.0. The van der Waals surface area contributed by atoms with Crippen LogP contribution in [0, 0.1) is 0 Å². The molecule has 1 aliphatic rings. The van der Waals surface area contributed by atoms with Crippen molar-refractivity contribution >= 4 is 6.09 Å². The zero-order valence-electron chi connectivity index (χ0n) is 17.4. The molecule has 1 N–H and O–H groups in total. The number of rotatable bonds is 6. The van der Waals surface area contributed by atoms with E-state index in [0.717, 1.165) is 22.4 Å². The highest BCUT2D eigenvalue weighted by Crippen LogP contribution is 2.34. The zero-order valence-corrected chi connectivity index (χ0v) is 17.4. The molecule has 0 atom stereocenters. The summed E-state index contributed by atoms with van der Waals surface area (Å²) in [5.74, 6) is 0.762. The SMILES string of the molecule is O=C(OCc1ccccc1)N1CCC(O)(c2ccc(OCc3ccccc3)cc2)CC1. The van der Waals surface area contributed by atoms with E-state index < -0.39 is 5.60 Å². The molecule has 0 aliphatic carbocycles. The molecule has 1 aliphatic heterocycles. The van der Waals surface area contributed by atoms with Gasteiger partial charge in [-0.2, -0.15) is 0 Å². The predicted molar refractivity (Wildman–Crippen MR) is 119 cm³/mol. The Morgan fingerprint density at radius 2 is 1.35 bits per heavy atom. The third-order valence-corrected chi connectivity index (χ3v) is 5.69. The number of amides is 1. The van der Waals surface area contributed by atoms with E-state index >= 15 is 0 Å². The lowest BCUT2D eigenvalue weighted by atomic mass is 9.84. The standard InChI is InChI=1S/C26H27NO4/c28-25(31-20-22-9-5-2-6-10-22)27-17-15-26(29,16-18-27)23-11-13-24(14-12-23)30-19-21-7-3-1-4-8-21/h1-14,29H,15-20H2. The third kappa shape index (κ3) is 5.44. The molecule has 1 fully saturated rings. The van der Waals surface area contributed by atoms with Gasteiger partial charge in [-0.3, -0.25) is 0 Å². The molecular weight excluding hydrogens is 390 g/mol. The average Bonchev–Trinajstić information content (AvgIpc) is 2.83. The van der Waals surface area contributed by atoms with Crippen LogP contribution in [0.3, 0.4) is 0 Å². The molecule has 0 aromatic heterocycles. The largest absolute Gasteiger partial charge is 0.489 e. The summed E-state index contributed by atoms with van der Waals surface area (Å²) in [7, 11) is 0. The maximum Gasteiger partial charge on any atom is 0.410 e. The normalized spacial score (nSPS) is 15.3. The highest BCUT2D eigenvalue weighted by Gasteiger charge is 2.35. The van der Waals surface area contributed by atoms with Crippen molar-refractivity contribution in [1.82, 2.24) is 4.90 Å². The second-order valence-electron chi connectivity index (χ2n) is 7.86. The number of benzene rings is 3. The molecule has 1 saturated heterocycles. The Morgan fingerprint density at radius 1 is 0.806 bits per heavy atom. The van der Waals surface area contributed by atoms with Gasteiger partial charge in [0.1, 0.15) is 19.0 Å². The van der Waals surface area contributed by atoms with Gasteiger partial charge in [0.25, 0.3) is 0 Å². The number of likely N-dealkylation sites (tertiary alicyclic amines) is 1. The van der Waals surface area contributed by atoms with Crippen LogP contribution in [-0.2, 0) is 23.6 Å².